The average Bonchev–Trinajstić information content (AvgIpc) is 2.65. The molecule has 0 bridgehead atoms. The standard InChI is InChI=1S/C10H9ClN2O3/c11-8-2-1-6(13(15)16)5-7(8)9-3-4-10(14)12-9/h1-2,5,9H,3-4H2,(H,12,14)/t9-/m1/s1. The van der Waals surface area contributed by atoms with Gasteiger partial charge in [-0.15, -0.1) is 0 Å². The number of benzene rings is 1. The summed E-state index contributed by atoms with van der Waals surface area (Å²) in [6.07, 6.45) is 1.06. The van der Waals surface area contributed by atoms with Crippen LogP contribution in [0.25, 0.3) is 0 Å². The highest BCUT2D eigenvalue weighted by molar-refractivity contribution is 6.31. The van der Waals surface area contributed by atoms with Crippen molar-refractivity contribution in [2.24, 2.45) is 0 Å². The molecule has 0 spiro atoms. The van der Waals surface area contributed by atoms with Crippen LogP contribution >= 0.6 is 11.6 Å². The van der Waals surface area contributed by atoms with E-state index in [0.717, 1.165) is 0 Å². The number of carbonyl (C=O) groups is 1. The molecular weight excluding hydrogens is 232 g/mol. The topological polar surface area (TPSA) is 72.2 Å². The predicted octanol–water partition coefficient (Wildman–Crippen LogP) is 2.20. The summed E-state index contributed by atoms with van der Waals surface area (Å²) in [6.45, 7) is 0. The molecule has 0 unspecified atom stereocenters. The van der Waals surface area contributed by atoms with Gasteiger partial charge in [-0.25, -0.2) is 0 Å². The Labute approximate surface area is 96.6 Å². The lowest BCUT2D eigenvalue weighted by atomic mass is 10.0. The molecule has 1 saturated heterocycles. The number of hydrogen-bond acceptors (Lipinski definition) is 3. The van der Waals surface area contributed by atoms with Crippen molar-refractivity contribution in [3.05, 3.63) is 38.9 Å². The van der Waals surface area contributed by atoms with Crippen LogP contribution < -0.4 is 5.32 Å². The summed E-state index contributed by atoms with van der Waals surface area (Å²) in [6, 6.07) is 4.04. The Morgan fingerprint density at radius 3 is 2.81 bits per heavy atom. The molecule has 6 heteroatoms. The zero-order valence-electron chi connectivity index (χ0n) is 8.27. The molecule has 1 amide bonds. The van der Waals surface area contributed by atoms with E-state index in [9.17, 15) is 14.9 Å². The van der Waals surface area contributed by atoms with E-state index < -0.39 is 4.92 Å². The fraction of sp³-hybridized carbons (Fsp3) is 0.300. The number of non-ortho nitro benzene ring substituents is 1. The van der Waals surface area contributed by atoms with Crippen LogP contribution in [0.2, 0.25) is 5.02 Å². The molecular formula is C10H9ClN2O3. The molecule has 0 radical (unpaired) electrons. The van der Waals surface area contributed by atoms with Crippen LogP contribution in [0.4, 0.5) is 5.69 Å². The molecule has 2 rings (SSSR count). The van der Waals surface area contributed by atoms with E-state index in [2.05, 4.69) is 5.32 Å². The van der Waals surface area contributed by atoms with Crippen LogP contribution in [-0.4, -0.2) is 10.8 Å². The van der Waals surface area contributed by atoms with Crippen LogP contribution in [0.15, 0.2) is 18.2 Å². The SMILES string of the molecule is O=C1CC[C@H](c2cc([N+](=O)[O-])ccc2Cl)N1. The van der Waals surface area contributed by atoms with E-state index in [0.29, 0.717) is 23.4 Å². The zero-order chi connectivity index (χ0) is 11.7. The van der Waals surface area contributed by atoms with Crippen LogP contribution in [-0.2, 0) is 4.79 Å². The lowest BCUT2D eigenvalue weighted by molar-refractivity contribution is -0.384. The van der Waals surface area contributed by atoms with E-state index in [4.69, 9.17) is 11.6 Å². The molecule has 0 saturated carbocycles. The first-order chi connectivity index (χ1) is 7.58. The molecule has 0 aliphatic carbocycles. The lowest BCUT2D eigenvalue weighted by Gasteiger charge is -2.11. The highest BCUT2D eigenvalue weighted by atomic mass is 35.5. The first-order valence-corrected chi connectivity index (χ1v) is 5.19. The Morgan fingerprint density at radius 2 is 2.25 bits per heavy atom. The number of rotatable bonds is 2. The fourth-order valence-electron chi connectivity index (χ4n) is 1.76. The minimum absolute atomic E-state index is 0.0134. The molecule has 16 heavy (non-hydrogen) atoms. The van der Waals surface area contributed by atoms with Gasteiger partial charge >= 0.3 is 0 Å². The van der Waals surface area contributed by atoms with Crippen molar-refractivity contribution in [3.8, 4) is 0 Å². The molecule has 1 aliphatic rings. The van der Waals surface area contributed by atoms with Gasteiger partial charge in [0, 0.05) is 23.6 Å². The lowest BCUT2D eigenvalue weighted by Crippen LogP contribution is -2.18. The first-order valence-electron chi connectivity index (χ1n) is 4.81. The molecule has 1 atom stereocenters. The summed E-state index contributed by atoms with van der Waals surface area (Å²) in [5.41, 5.74) is 0.599. The maximum atomic E-state index is 11.1. The van der Waals surface area contributed by atoms with Crippen molar-refractivity contribution in [1.29, 1.82) is 0 Å². The average molecular weight is 241 g/mol. The second kappa shape index (κ2) is 4.09. The van der Waals surface area contributed by atoms with Gasteiger partial charge in [0.1, 0.15) is 0 Å². The third-order valence-corrected chi connectivity index (χ3v) is 2.91. The normalized spacial score (nSPS) is 19.6. The Morgan fingerprint density at radius 1 is 1.50 bits per heavy atom. The molecule has 1 aromatic carbocycles. The van der Waals surface area contributed by atoms with Crippen LogP contribution in [0, 0.1) is 10.1 Å². The van der Waals surface area contributed by atoms with Crippen molar-refractivity contribution < 1.29 is 9.72 Å². The van der Waals surface area contributed by atoms with Gasteiger partial charge in [-0.1, -0.05) is 11.6 Å². The van der Waals surface area contributed by atoms with Gasteiger partial charge in [-0.3, -0.25) is 14.9 Å². The Hall–Kier alpha value is -1.62. The van der Waals surface area contributed by atoms with Gasteiger partial charge in [0.25, 0.3) is 5.69 Å². The number of nitrogens with zero attached hydrogens (tertiary/aromatic N) is 1. The third kappa shape index (κ3) is 1.99. The summed E-state index contributed by atoms with van der Waals surface area (Å²) >= 11 is 5.95. The van der Waals surface area contributed by atoms with E-state index in [-0.39, 0.29) is 17.6 Å². The Balaban J connectivity index is 2.35. The van der Waals surface area contributed by atoms with Crippen molar-refractivity contribution in [2.75, 3.05) is 0 Å². The van der Waals surface area contributed by atoms with Crippen molar-refractivity contribution in [2.45, 2.75) is 18.9 Å². The van der Waals surface area contributed by atoms with Crippen LogP contribution in [0.5, 0.6) is 0 Å². The number of hydrogen-bond donors (Lipinski definition) is 1. The maximum Gasteiger partial charge on any atom is 0.269 e. The van der Waals surface area contributed by atoms with Crippen LogP contribution in [0.3, 0.4) is 0 Å². The van der Waals surface area contributed by atoms with Gasteiger partial charge in [0.15, 0.2) is 0 Å². The summed E-state index contributed by atoms with van der Waals surface area (Å²) < 4.78 is 0. The summed E-state index contributed by atoms with van der Waals surface area (Å²) in [4.78, 5) is 21.2. The van der Waals surface area contributed by atoms with E-state index >= 15 is 0 Å². The molecule has 1 aliphatic heterocycles. The number of nitrogens with one attached hydrogen (secondary N) is 1. The number of halogens is 1. The molecule has 1 aromatic rings. The number of carbonyl (C=O) groups excluding carboxylic acids is 1. The zero-order valence-corrected chi connectivity index (χ0v) is 9.03. The Kier molecular flexibility index (Phi) is 2.78. The van der Waals surface area contributed by atoms with Gasteiger partial charge < -0.3 is 5.32 Å². The van der Waals surface area contributed by atoms with E-state index in [1.165, 1.54) is 18.2 Å². The highest BCUT2D eigenvalue weighted by Crippen LogP contribution is 2.32. The molecule has 1 N–H and O–H groups in total. The Bertz CT molecular complexity index is 461. The quantitative estimate of drug-likeness (QED) is 0.636. The summed E-state index contributed by atoms with van der Waals surface area (Å²) in [5, 5.41) is 13.8. The maximum absolute atomic E-state index is 11.1. The van der Waals surface area contributed by atoms with Crippen molar-refractivity contribution >= 4 is 23.2 Å². The molecule has 1 heterocycles. The van der Waals surface area contributed by atoms with Gasteiger partial charge in [0.2, 0.25) is 5.91 Å². The van der Waals surface area contributed by atoms with Gasteiger partial charge in [-0.05, 0) is 18.1 Å². The highest BCUT2D eigenvalue weighted by Gasteiger charge is 2.25. The number of amides is 1. The summed E-state index contributed by atoms with van der Waals surface area (Å²) in [5.74, 6) is -0.0485. The van der Waals surface area contributed by atoms with E-state index in [1.807, 2.05) is 0 Å². The largest absolute Gasteiger partial charge is 0.349 e. The minimum atomic E-state index is -0.476. The van der Waals surface area contributed by atoms with Crippen LogP contribution in [0.1, 0.15) is 24.4 Å². The third-order valence-electron chi connectivity index (χ3n) is 2.56. The minimum Gasteiger partial charge on any atom is -0.349 e. The first kappa shape index (κ1) is 10.9. The monoisotopic (exact) mass is 240 g/mol. The second-order valence-electron chi connectivity index (χ2n) is 3.62. The summed E-state index contributed by atoms with van der Waals surface area (Å²) in [7, 11) is 0. The molecule has 0 aromatic heterocycles. The fourth-order valence-corrected chi connectivity index (χ4v) is 2.01. The smallest absolute Gasteiger partial charge is 0.269 e. The molecule has 1 fully saturated rings. The number of nitro benzene ring substituents is 1. The molecule has 84 valence electrons. The second-order valence-corrected chi connectivity index (χ2v) is 4.03. The number of nitro groups is 1. The van der Waals surface area contributed by atoms with Crippen molar-refractivity contribution in [1.82, 2.24) is 5.32 Å². The molecule has 5 nitrogen and oxygen atoms in total. The van der Waals surface area contributed by atoms with E-state index in [1.54, 1.807) is 0 Å². The predicted molar refractivity (Wildman–Crippen MR) is 58.2 cm³/mol. The van der Waals surface area contributed by atoms with Crippen molar-refractivity contribution in [3.63, 3.8) is 0 Å². The van der Waals surface area contributed by atoms with Gasteiger partial charge in [-0.2, -0.15) is 0 Å². The van der Waals surface area contributed by atoms with Gasteiger partial charge in [0.05, 0.1) is 11.0 Å².